The van der Waals surface area contributed by atoms with E-state index in [4.69, 9.17) is 5.84 Å². The first kappa shape index (κ1) is 13.7. The third kappa shape index (κ3) is 5.10. The smallest absolute Gasteiger partial charge is 0.0213 e. The SMILES string of the molecule is CCC(C)CC(CCCc1cccs1)NN. The first-order valence-corrected chi connectivity index (χ1v) is 7.12. The molecule has 0 bridgehead atoms. The highest BCUT2D eigenvalue weighted by molar-refractivity contribution is 7.09. The highest BCUT2D eigenvalue weighted by atomic mass is 32.1. The minimum Gasteiger partial charge on any atom is -0.271 e. The number of nitrogens with two attached hydrogens (primary N) is 1. The van der Waals surface area contributed by atoms with Crippen LogP contribution in [0.5, 0.6) is 0 Å². The summed E-state index contributed by atoms with van der Waals surface area (Å²) in [5.74, 6) is 6.35. The molecule has 1 heterocycles. The Hall–Kier alpha value is -0.380. The second-order valence-corrected chi connectivity index (χ2v) is 5.62. The van der Waals surface area contributed by atoms with Gasteiger partial charge < -0.3 is 0 Å². The molecular weight excluding hydrogens is 216 g/mol. The number of thiophene rings is 1. The Morgan fingerprint density at radius 2 is 2.31 bits per heavy atom. The van der Waals surface area contributed by atoms with Gasteiger partial charge in [-0.2, -0.15) is 0 Å². The van der Waals surface area contributed by atoms with Gasteiger partial charge in [-0.15, -0.1) is 11.3 Å². The van der Waals surface area contributed by atoms with Crippen LogP contribution in [-0.2, 0) is 6.42 Å². The Bertz CT molecular complexity index is 259. The van der Waals surface area contributed by atoms with Crippen molar-refractivity contribution in [3.05, 3.63) is 22.4 Å². The maximum Gasteiger partial charge on any atom is 0.0213 e. The Kier molecular flexibility index (Phi) is 6.69. The van der Waals surface area contributed by atoms with Crippen LogP contribution in [0.4, 0.5) is 0 Å². The van der Waals surface area contributed by atoms with Crippen molar-refractivity contribution in [2.75, 3.05) is 0 Å². The molecule has 2 atom stereocenters. The lowest BCUT2D eigenvalue weighted by Gasteiger charge is -2.19. The van der Waals surface area contributed by atoms with Crippen LogP contribution in [0.25, 0.3) is 0 Å². The Morgan fingerprint density at radius 1 is 1.50 bits per heavy atom. The van der Waals surface area contributed by atoms with Crippen molar-refractivity contribution in [2.45, 2.75) is 52.0 Å². The van der Waals surface area contributed by atoms with E-state index in [2.05, 4.69) is 36.8 Å². The first-order chi connectivity index (χ1) is 7.76. The number of aryl methyl sites for hydroxylation is 1. The lowest BCUT2D eigenvalue weighted by atomic mass is 9.96. The predicted molar refractivity (Wildman–Crippen MR) is 72.4 cm³/mol. The molecule has 0 aliphatic heterocycles. The fourth-order valence-corrected chi connectivity index (χ4v) is 2.65. The van der Waals surface area contributed by atoms with Crippen LogP contribution in [0.15, 0.2) is 17.5 Å². The Balaban J connectivity index is 2.18. The van der Waals surface area contributed by atoms with Crippen LogP contribution < -0.4 is 11.3 Å². The average molecular weight is 240 g/mol. The normalized spacial score (nSPS) is 14.9. The van der Waals surface area contributed by atoms with E-state index in [0.717, 1.165) is 5.92 Å². The molecule has 0 saturated heterocycles. The molecule has 92 valence electrons. The van der Waals surface area contributed by atoms with Crippen molar-refractivity contribution in [1.82, 2.24) is 5.43 Å². The summed E-state index contributed by atoms with van der Waals surface area (Å²) in [6, 6.07) is 4.82. The standard InChI is InChI=1S/C13H24N2S/c1-3-11(2)10-12(15-14)6-4-7-13-8-5-9-16-13/h5,8-9,11-12,15H,3-4,6-7,10,14H2,1-2H3. The van der Waals surface area contributed by atoms with Crippen LogP contribution >= 0.6 is 11.3 Å². The minimum atomic E-state index is 0.481. The van der Waals surface area contributed by atoms with E-state index < -0.39 is 0 Å². The van der Waals surface area contributed by atoms with E-state index in [-0.39, 0.29) is 0 Å². The second-order valence-electron chi connectivity index (χ2n) is 4.58. The first-order valence-electron chi connectivity index (χ1n) is 6.24. The molecule has 1 aromatic rings. The van der Waals surface area contributed by atoms with Crippen molar-refractivity contribution in [3.63, 3.8) is 0 Å². The van der Waals surface area contributed by atoms with E-state index >= 15 is 0 Å². The molecular formula is C13H24N2S. The summed E-state index contributed by atoms with van der Waals surface area (Å²) in [6.45, 7) is 4.54. The van der Waals surface area contributed by atoms with Crippen molar-refractivity contribution >= 4 is 11.3 Å². The number of nitrogens with one attached hydrogen (secondary N) is 1. The fraction of sp³-hybridized carbons (Fsp3) is 0.692. The molecule has 0 spiro atoms. The van der Waals surface area contributed by atoms with Gasteiger partial charge in [-0.25, -0.2) is 0 Å². The molecule has 0 radical (unpaired) electrons. The second kappa shape index (κ2) is 7.82. The highest BCUT2D eigenvalue weighted by Gasteiger charge is 2.10. The Labute approximate surface area is 103 Å². The molecule has 0 aliphatic rings. The van der Waals surface area contributed by atoms with Crippen molar-refractivity contribution in [2.24, 2.45) is 11.8 Å². The summed E-state index contributed by atoms with van der Waals surface area (Å²) < 4.78 is 0. The quantitative estimate of drug-likeness (QED) is 0.540. The zero-order chi connectivity index (χ0) is 11.8. The molecule has 0 saturated carbocycles. The van der Waals surface area contributed by atoms with Gasteiger partial charge in [0, 0.05) is 10.9 Å². The van der Waals surface area contributed by atoms with E-state index in [1.54, 1.807) is 0 Å². The van der Waals surface area contributed by atoms with Gasteiger partial charge >= 0.3 is 0 Å². The molecule has 0 aromatic carbocycles. The van der Waals surface area contributed by atoms with Gasteiger partial charge in [-0.3, -0.25) is 11.3 Å². The average Bonchev–Trinajstić information content (AvgIpc) is 2.80. The van der Waals surface area contributed by atoms with Crippen molar-refractivity contribution in [1.29, 1.82) is 0 Å². The van der Waals surface area contributed by atoms with Crippen LogP contribution in [0.3, 0.4) is 0 Å². The van der Waals surface area contributed by atoms with Crippen molar-refractivity contribution < 1.29 is 0 Å². The molecule has 2 nitrogen and oxygen atoms in total. The molecule has 0 aliphatic carbocycles. The monoisotopic (exact) mass is 240 g/mol. The predicted octanol–water partition coefficient (Wildman–Crippen LogP) is 3.34. The third-order valence-electron chi connectivity index (χ3n) is 3.18. The number of hydrogen-bond acceptors (Lipinski definition) is 3. The topological polar surface area (TPSA) is 38.0 Å². The Morgan fingerprint density at radius 3 is 2.88 bits per heavy atom. The molecule has 2 unspecified atom stereocenters. The summed E-state index contributed by atoms with van der Waals surface area (Å²) in [5.41, 5.74) is 2.95. The maximum atomic E-state index is 5.59. The van der Waals surface area contributed by atoms with E-state index in [9.17, 15) is 0 Å². The summed E-state index contributed by atoms with van der Waals surface area (Å²) in [5, 5.41) is 2.15. The summed E-state index contributed by atoms with van der Waals surface area (Å²) in [6.07, 6.45) is 6.03. The summed E-state index contributed by atoms with van der Waals surface area (Å²) in [7, 11) is 0. The molecule has 1 aromatic heterocycles. The number of hydrazine groups is 1. The molecule has 3 N–H and O–H groups in total. The van der Waals surface area contributed by atoms with E-state index in [0.29, 0.717) is 6.04 Å². The lowest BCUT2D eigenvalue weighted by molar-refractivity contribution is 0.375. The van der Waals surface area contributed by atoms with E-state index in [1.807, 2.05) is 11.3 Å². The molecule has 0 fully saturated rings. The largest absolute Gasteiger partial charge is 0.271 e. The molecule has 16 heavy (non-hydrogen) atoms. The van der Waals surface area contributed by atoms with Gasteiger partial charge in [0.05, 0.1) is 0 Å². The van der Waals surface area contributed by atoms with Crippen molar-refractivity contribution in [3.8, 4) is 0 Å². The number of hydrogen-bond donors (Lipinski definition) is 2. The van der Waals surface area contributed by atoms with E-state index in [1.165, 1.54) is 37.0 Å². The summed E-state index contributed by atoms with van der Waals surface area (Å²) in [4.78, 5) is 1.49. The zero-order valence-electron chi connectivity index (χ0n) is 10.4. The highest BCUT2D eigenvalue weighted by Crippen LogP contribution is 2.16. The van der Waals surface area contributed by atoms with Gasteiger partial charge in [0.2, 0.25) is 0 Å². The van der Waals surface area contributed by atoms with Gasteiger partial charge in [0.1, 0.15) is 0 Å². The minimum absolute atomic E-state index is 0.481. The van der Waals surface area contributed by atoms with Gasteiger partial charge in [-0.05, 0) is 43.0 Å². The molecule has 0 amide bonds. The summed E-state index contributed by atoms with van der Waals surface area (Å²) >= 11 is 1.85. The van der Waals surface area contributed by atoms with Gasteiger partial charge in [-0.1, -0.05) is 26.3 Å². The van der Waals surface area contributed by atoms with Crippen LogP contribution in [0.2, 0.25) is 0 Å². The third-order valence-corrected chi connectivity index (χ3v) is 4.11. The van der Waals surface area contributed by atoms with Crippen LogP contribution in [0.1, 0.15) is 44.4 Å². The van der Waals surface area contributed by atoms with Gasteiger partial charge in [0.15, 0.2) is 0 Å². The van der Waals surface area contributed by atoms with Crippen LogP contribution in [-0.4, -0.2) is 6.04 Å². The fourth-order valence-electron chi connectivity index (χ4n) is 1.90. The van der Waals surface area contributed by atoms with Gasteiger partial charge in [0.25, 0.3) is 0 Å². The zero-order valence-corrected chi connectivity index (χ0v) is 11.2. The maximum absolute atomic E-state index is 5.59. The lowest BCUT2D eigenvalue weighted by Crippen LogP contribution is -2.36. The number of rotatable bonds is 8. The van der Waals surface area contributed by atoms with Crippen LogP contribution in [0, 0.1) is 5.92 Å². The molecule has 1 rings (SSSR count). The molecule has 3 heteroatoms.